The minimum atomic E-state index is -0.0917. The zero-order chi connectivity index (χ0) is 36.6. The van der Waals surface area contributed by atoms with E-state index in [4.69, 9.17) is 14.7 Å². The lowest BCUT2D eigenvalue weighted by atomic mass is 10.0. The Labute approximate surface area is 306 Å². The van der Waals surface area contributed by atoms with Crippen LogP contribution in [0.1, 0.15) is 27.8 Å². The predicted molar refractivity (Wildman–Crippen MR) is 208 cm³/mol. The van der Waals surface area contributed by atoms with E-state index in [0.29, 0.717) is 17.0 Å². The molecule has 0 saturated carbocycles. The van der Waals surface area contributed by atoms with Gasteiger partial charge in [-0.2, -0.15) is 0 Å². The van der Waals surface area contributed by atoms with Crippen molar-refractivity contribution >= 4 is 11.3 Å². The average Bonchev–Trinajstić information content (AvgIpc) is 3.21. The first kappa shape index (κ1) is 34.7. The summed E-state index contributed by atoms with van der Waals surface area (Å²) in [4.78, 5) is 42.8. The summed E-state index contributed by atoms with van der Waals surface area (Å²) in [5.41, 5.74) is 10.2. The molecule has 0 bridgehead atoms. The first-order valence-electron chi connectivity index (χ1n) is 17.5. The highest BCUT2D eigenvalue weighted by molar-refractivity contribution is 5.63. The Morgan fingerprint density at radius 3 is 1.47 bits per heavy atom. The summed E-state index contributed by atoms with van der Waals surface area (Å²) in [6.07, 6.45) is 13.7. The highest BCUT2D eigenvalue weighted by Gasteiger charge is 2.11. The Bertz CT molecular complexity index is 2620. The van der Waals surface area contributed by atoms with Crippen LogP contribution < -0.4 is 15.9 Å². The van der Waals surface area contributed by atoms with E-state index in [1.807, 2.05) is 60.7 Å². The van der Waals surface area contributed by atoms with Crippen molar-refractivity contribution in [1.29, 1.82) is 0 Å². The zero-order valence-electron chi connectivity index (χ0n) is 29.6. The van der Waals surface area contributed by atoms with Gasteiger partial charge in [-0.1, -0.05) is 54.6 Å². The molecule has 0 radical (unpaired) electrons. The van der Waals surface area contributed by atoms with E-state index < -0.39 is 0 Å². The topological polar surface area (TPSA) is 104 Å². The van der Waals surface area contributed by atoms with Crippen LogP contribution in [0, 0.1) is 6.92 Å². The van der Waals surface area contributed by atoms with Gasteiger partial charge in [0.1, 0.15) is 17.0 Å². The Morgan fingerprint density at radius 2 is 0.962 bits per heavy atom. The number of aryl methyl sites for hydroxylation is 5. The molecule has 8 rings (SSSR count). The van der Waals surface area contributed by atoms with Crippen LogP contribution in [0.3, 0.4) is 0 Å². The number of nitrogens with zero attached hydrogens (tertiary/aromatic N) is 6. The third-order valence-electron chi connectivity index (χ3n) is 9.28. The van der Waals surface area contributed by atoms with Crippen molar-refractivity contribution in [1.82, 2.24) is 28.7 Å². The molecule has 0 atom stereocenters. The fourth-order valence-electron chi connectivity index (χ4n) is 6.43. The van der Waals surface area contributed by atoms with Crippen LogP contribution in [0.25, 0.3) is 33.8 Å². The van der Waals surface area contributed by atoms with Gasteiger partial charge in [-0.15, -0.1) is 0 Å². The summed E-state index contributed by atoms with van der Waals surface area (Å²) < 4.78 is 8.66. The number of rotatable bonds is 9. The van der Waals surface area contributed by atoms with E-state index in [2.05, 4.69) is 53.3 Å². The number of aromatic nitrogens is 6. The molecule has 6 aromatic heterocycles. The first-order chi connectivity index (χ1) is 26.0. The molecule has 8 aromatic rings. The van der Waals surface area contributed by atoms with Crippen LogP contribution in [0.4, 0.5) is 0 Å². The standard InChI is InChI=1S/C22H19N3O2.C22H19N3O/c1-27-20-7-3-2-5-17(20)8-9-18-6-4-14-25-21(26)15-19(24-22(18)25)16-10-12-23-13-11-16;1-16-5-2-3-6-17(16)8-9-19-7-4-14-25-21(26)15-20(24-22(19)25)18-10-12-23-13-11-18/h2-7,10-15H,8-9H2,1H3;2-7,10-15H,8-9H2,1H3. The molecule has 0 aliphatic heterocycles. The average molecular weight is 699 g/mol. The molecule has 9 heteroatoms. The van der Waals surface area contributed by atoms with Gasteiger partial charge in [-0.3, -0.25) is 28.4 Å². The lowest BCUT2D eigenvalue weighted by Gasteiger charge is -2.11. The van der Waals surface area contributed by atoms with E-state index >= 15 is 0 Å². The predicted octanol–water partition coefficient (Wildman–Crippen LogP) is 7.40. The summed E-state index contributed by atoms with van der Waals surface area (Å²) in [7, 11) is 1.68. The molecule has 0 aliphatic rings. The summed E-state index contributed by atoms with van der Waals surface area (Å²) >= 11 is 0. The maximum Gasteiger partial charge on any atom is 0.258 e. The normalized spacial score (nSPS) is 10.9. The molecule has 0 N–H and O–H groups in total. The third kappa shape index (κ3) is 7.94. The largest absolute Gasteiger partial charge is 0.496 e. The van der Waals surface area contributed by atoms with Gasteiger partial charge in [0.25, 0.3) is 11.1 Å². The maximum absolute atomic E-state index is 12.6. The fraction of sp³-hybridized carbons (Fsp3) is 0.136. The number of hydrogen-bond donors (Lipinski definition) is 0. The van der Waals surface area contributed by atoms with Crippen molar-refractivity contribution in [3.8, 4) is 28.3 Å². The number of fused-ring (bicyclic) bond motifs is 2. The van der Waals surface area contributed by atoms with E-state index in [-0.39, 0.29) is 11.1 Å². The minimum Gasteiger partial charge on any atom is -0.496 e. The van der Waals surface area contributed by atoms with Crippen LogP contribution >= 0.6 is 0 Å². The number of hydrogen-bond acceptors (Lipinski definition) is 7. The second kappa shape index (κ2) is 16.1. The molecule has 262 valence electrons. The van der Waals surface area contributed by atoms with Gasteiger partial charge in [0.15, 0.2) is 0 Å². The third-order valence-corrected chi connectivity index (χ3v) is 9.28. The van der Waals surface area contributed by atoms with Gasteiger partial charge in [0.2, 0.25) is 0 Å². The summed E-state index contributed by atoms with van der Waals surface area (Å²) in [6, 6.07) is 34.9. The molecule has 0 spiro atoms. The van der Waals surface area contributed by atoms with Gasteiger partial charge in [0.05, 0.1) is 18.5 Å². The van der Waals surface area contributed by atoms with Crippen molar-refractivity contribution in [2.75, 3.05) is 7.11 Å². The Balaban J connectivity index is 0.000000164. The van der Waals surface area contributed by atoms with Crippen molar-refractivity contribution in [3.63, 3.8) is 0 Å². The van der Waals surface area contributed by atoms with E-state index in [9.17, 15) is 9.59 Å². The molecule has 53 heavy (non-hydrogen) atoms. The Morgan fingerprint density at radius 1 is 0.528 bits per heavy atom. The molecular formula is C44H38N6O3. The SMILES string of the molecule is COc1ccccc1CCc1cccn2c(=O)cc(-c3ccncc3)nc12.Cc1ccccc1CCc1cccn2c(=O)cc(-c3ccncc3)nc12. The van der Waals surface area contributed by atoms with Gasteiger partial charge in [0, 0.05) is 60.4 Å². The molecule has 0 unspecified atom stereocenters. The van der Waals surface area contributed by atoms with Gasteiger partial charge in [-0.05, 0) is 103 Å². The van der Waals surface area contributed by atoms with Gasteiger partial charge < -0.3 is 4.74 Å². The van der Waals surface area contributed by atoms with E-state index in [1.54, 1.807) is 65.2 Å². The molecule has 0 fully saturated rings. The van der Waals surface area contributed by atoms with Gasteiger partial charge in [-0.25, -0.2) is 9.97 Å². The summed E-state index contributed by atoms with van der Waals surface area (Å²) in [5, 5.41) is 0. The second-order valence-corrected chi connectivity index (χ2v) is 12.6. The molecule has 2 aromatic carbocycles. The fourth-order valence-corrected chi connectivity index (χ4v) is 6.43. The van der Waals surface area contributed by atoms with Crippen molar-refractivity contribution in [3.05, 3.63) is 195 Å². The lowest BCUT2D eigenvalue weighted by Crippen LogP contribution is -2.15. The molecule has 9 nitrogen and oxygen atoms in total. The Kier molecular flexibility index (Phi) is 10.5. The maximum atomic E-state index is 12.6. The molecule has 0 amide bonds. The van der Waals surface area contributed by atoms with E-state index in [0.717, 1.165) is 64.9 Å². The molecule has 0 saturated heterocycles. The Hall–Kier alpha value is -6.74. The van der Waals surface area contributed by atoms with Gasteiger partial charge >= 0.3 is 0 Å². The first-order valence-corrected chi connectivity index (χ1v) is 17.5. The zero-order valence-corrected chi connectivity index (χ0v) is 29.6. The molecule has 6 heterocycles. The van der Waals surface area contributed by atoms with E-state index in [1.165, 1.54) is 11.1 Å². The number of benzene rings is 2. The number of ether oxygens (including phenoxy) is 1. The smallest absolute Gasteiger partial charge is 0.258 e. The van der Waals surface area contributed by atoms with Crippen LogP contribution in [-0.4, -0.2) is 35.8 Å². The number of para-hydroxylation sites is 1. The molecular weight excluding hydrogens is 661 g/mol. The van der Waals surface area contributed by atoms with Crippen LogP contribution in [0.2, 0.25) is 0 Å². The summed E-state index contributed by atoms with van der Waals surface area (Å²) in [5.74, 6) is 0.875. The quantitative estimate of drug-likeness (QED) is 0.155. The van der Waals surface area contributed by atoms with Crippen LogP contribution in [0.5, 0.6) is 5.75 Å². The van der Waals surface area contributed by atoms with Crippen molar-refractivity contribution < 1.29 is 4.74 Å². The minimum absolute atomic E-state index is 0.0699. The highest BCUT2D eigenvalue weighted by atomic mass is 16.5. The lowest BCUT2D eigenvalue weighted by molar-refractivity contribution is 0.409. The number of methoxy groups -OCH3 is 1. The van der Waals surface area contributed by atoms with Crippen molar-refractivity contribution in [2.24, 2.45) is 0 Å². The molecule has 0 aliphatic carbocycles. The van der Waals surface area contributed by atoms with Crippen LogP contribution in [0.15, 0.2) is 156 Å². The highest BCUT2D eigenvalue weighted by Crippen LogP contribution is 2.22. The monoisotopic (exact) mass is 698 g/mol. The van der Waals surface area contributed by atoms with Crippen LogP contribution in [-0.2, 0) is 25.7 Å². The number of pyridine rings is 4. The van der Waals surface area contributed by atoms with Crippen molar-refractivity contribution in [2.45, 2.75) is 32.6 Å². The summed E-state index contributed by atoms with van der Waals surface area (Å²) in [6.45, 7) is 2.13. The second-order valence-electron chi connectivity index (χ2n) is 12.6.